The first-order valence-electron chi connectivity index (χ1n) is 7.33. The van der Waals surface area contributed by atoms with Crippen molar-refractivity contribution < 1.29 is 9.53 Å². The van der Waals surface area contributed by atoms with Crippen molar-refractivity contribution in [3.8, 4) is 0 Å². The van der Waals surface area contributed by atoms with Crippen molar-refractivity contribution in [1.82, 2.24) is 19.4 Å². The van der Waals surface area contributed by atoms with Crippen LogP contribution >= 0.6 is 11.3 Å². The van der Waals surface area contributed by atoms with Gasteiger partial charge in [-0.25, -0.2) is 9.97 Å². The molecule has 118 valence electrons. The molecule has 1 aliphatic rings. The summed E-state index contributed by atoms with van der Waals surface area (Å²) in [6, 6.07) is 0. The fraction of sp³-hybridized carbons (Fsp3) is 0.533. The van der Waals surface area contributed by atoms with Crippen molar-refractivity contribution >= 4 is 17.2 Å². The summed E-state index contributed by atoms with van der Waals surface area (Å²) >= 11 is 1.58. The van der Waals surface area contributed by atoms with Crippen molar-refractivity contribution in [3.63, 3.8) is 0 Å². The van der Waals surface area contributed by atoms with Gasteiger partial charge >= 0.3 is 0 Å². The zero-order chi connectivity index (χ0) is 15.7. The Morgan fingerprint density at radius 1 is 1.45 bits per heavy atom. The zero-order valence-corrected chi connectivity index (χ0v) is 13.9. The molecule has 0 unspecified atom stereocenters. The van der Waals surface area contributed by atoms with E-state index in [2.05, 4.69) is 9.97 Å². The Kier molecular flexibility index (Phi) is 4.26. The predicted molar refractivity (Wildman–Crippen MR) is 83.8 cm³/mol. The molecule has 0 radical (unpaired) electrons. The van der Waals surface area contributed by atoms with Crippen molar-refractivity contribution in [2.75, 3.05) is 19.7 Å². The lowest BCUT2D eigenvalue weighted by molar-refractivity contribution is -0.138. The molecule has 1 fully saturated rings. The molecule has 1 atom stereocenters. The van der Waals surface area contributed by atoms with Crippen LogP contribution < -0.4 is 0 Å². The highest BCUT2D eigenvalue weighted by molar-refractivity contribution is 7.09. The number of aromatic nitrogens is 3. The van der Waals surface area contributed by atoms with E-state index in [1.54, 1.807) is 11.3 Å². The Labute approximate surface area is 133 Å². The van der Waals surface area contributed by atoms with Crippen LogP contribution in [0.25, 0.3) is 0 Å². The van der Waals surface area contributed by atoms with Crippen LogP contribution in [-0.4, -0.2) is 45.0 Å². The van der Waals surface area contributed by atoms with E-state index in [4.69, 9.17) is 4.74 Å². The maximum Gasteiger partial charge on any atom is 0.228 e. The van der Waals surface area contributed by atoms with Crippen LogP contribution in [0.15, 0.2) is 11.6 Å². The number of imidazole rings is 1. The number of aryl methyl sites for hydroxylation is 3. The summed E-state index contributed by atoms with van der Waals surface area (Å²) in [4.78, 5) is 23.2. The Bertz CT molecular complexity index is 679. The molecule has 0 aliphatic carbocycles. The summed E-state index contributed by atoms with van der Waals surface area (Å²) in [5, 5.41) is 2.94. The second-order valence-electron chi connectivity index (χ2n) is 5.59. The van der Waals surface area contributed by atoms with Crippen LogP contribution in [0.1, 0.15) is 28.3 Å². The average Bonchev–Trinajstić information content (AvgIpc) is 3.04. The molecule has 3 rings (SSSR count). The fourth-order valence-corrected chi connectivity index (χ4v) is 3.33. The van der Waals surface area contributed by atoms with E-state index in [1.165, 1.54) is 0 Å². The summed E-state index contributed by atoms with van der Waals surface area (Å²) in [7, 11) is 1.96. The lowest BCUT2D eigenvalue weighted by Crippen LogP contribution is -2.43. The second kappa shape index (κ2) is 6.18. The highest BCUT2D eigenvalue weighted by Gasteiger charge is 2.28. The van der Waals surface area contributed by atoms with Crippen LogP contribution in [0.2, 0.25) is 0 Å². The molecule has 0 bridgehead atoms. The summed E-state index contributed by atoms with van der Waals surface area (Å²) in [5.41, 5.74) is 1.81. The normalized spacial score (nSPS) is 18.7. The summed E-state index contributed by atoms with van der Waals surface area (Å²) in [5.74, 6) is 0.976. The third kappa shape index (κ3) is 3.20. The Hall–Kier alpha value is -1.73. The molecule has 7 heteroatoms. The number of ether oxygens (including phenoxy) is 1. The highest BCUT2D eigenvalue weighted by atomic mass is 32.1. The first kappa shape index (κ1) is 15.2. The summed E-state index contributed by atoms with van der Waals surface area (Å²) in [6.07, 6.45) is 2.17. The van der Waals surface area contributed by atoms with Gasteiger partial charge in [-0.1, -0.05) is 0 Å². The number of thiazole rings is 1. The van der Waals surface area contributed by atoms with Gasteiger partial charge in [0.05, 0.1) is 36.0 Å². The fourth-order valence-electron chi connectivity index (χ4n) is 2.72. The van der Waals surface area contributed by atoms with Gasteiger partial charge in [-0.05, 0) is 13.8 Å². The summed E-state index contributed by atoms with van der Waals surface area (Å²) in [6.45, 7) is 5.62. The Balaban J connectivity index is 1.67. The molecule has 6 nitrogen and oxygen atoms in total. The molecule has 1 saturated heterocycles. The Morgan fingerprint density at radius 2 is 2.27 bits per heavy atom. The standard InChI is InChI=1S/C15H20N4O2S/c1-10-7-18(3)15(16-10)13-8-19(4-5-21-13)14(20)6-12-9-22-11(2)17-12/h7,9,13H,4-6,8H2,1-3H3/t13-/m1/s1. The van der Waals surface area contributed by atoms with Crippen molar-refractivity contribution in [3.05, 3.63) is 33.8 Å². The van der Waals surface area contributed by atoms with Gasteiger partial charge in [0.15, 0.2) is 0 Å². The third-order valence-corrected chi connectivity index (χ3v) is 4.56. The smallest absolute Gasteiger partial charge is 0.228 e. The lowest BCUT2D eigenvalue weighted by atomic mass is 10.2. The van der Waals surface area contributed by atoms with Crippen LogP contribution in [0, 0.1) is 13.8 Å². The van der Waals surface area contributed by atoms with Crippen LogP contribution in [-0.2, 0) is 23.0 Å². The molecule has 1 aliphatic heterocycles. The van der Waals surface area contributed by atoms with Crippen LogP contribution in [0.4, 0.5) is 0 Å². The number of nitrogens with zero attached hydrogens (tertiary/aromatic N) is 4. The molecule has 2 aromatic rings. The number of carbonyl (C=O) groups is 1. The maximum absolute atomic E-state index is 12.5. The van der Waals surface area contributed by atoms with Gasteiger partial charge in [-0.2, -0.15) is 0 Å². The molecule has 0 spiro atoms. The SMILES string of the molecule is Cc1cn(C)c([C@H]2CN(C(=O)Cc3csc(C)n3)CCO2)n1. The van der Waals surface area contributed by atoms with E-state index >= 15 is 0 Å². The van der Waals surface area contributed by atoms with Gasteiger partial charge in [-0.3, -0.25) is 4.79 Å². The number of carbonyl (C=O) groups excluding carboxylic acids is 1. The minimum absolute atomic E-state index is 0.101. The quantitative estimate of drug-likeness (QED) is 0.862. The number of hydrogen-bond donors (Lipinski definition) is 0. The van der Waals surface area contributed by atoms with Gasteiger partial charge in [0.25, 0.3) is 0 Å². The van der Waals surface area contributed by atoms with E-state index in [0.29, 0.717) is 26.1 Å². The maximum atomic E-state index is 12.5. The van der Waals surface area contributed by atoms with Gasteiger partial charge < -0.3 is 14.2 Å². The molecular weight excluding hydrogens is 300 g/mol. The number of morpholine rings is 1. The Morgan fingerprint density at radius 3 is 2.91 bits per heavy atom. The van der Waals surface area contributed by atoms with Gasteiger partial charge in [0.1, 0.15) is 11.9 Å². The van der Waals surface area contributed by atoms with Crippen LogP contribution in [0.5, 0.6) is 0 Å². The zero-order valence-electron chi connectivity index (χ0n) is 13.1. The monoisotopic (exact) mass is 320 g/mol. The molecule has 22 heavy (non-hydrogen) atoms. The van der Waals surface area contributed by atoms with E-state index in [0.717, 1.165) is 22.2 Å². The molecule has 2 aromatic heterocycles. The van der Waals surface area contributed by atoms with E-state index in [9.17, 15) is 4.79 Å². The van der Waals surface area contributed by atoms with Crippen molar-refractivity contribution in [2.24, 2.45) is 7.05 Å². The largest absolute Gasteiger partial charge is 0.367 e. The topological polar surface area (TPSA) is 60.2 Å². The van der Waals surface area contributed by atoms with Crippen molar-refractivity contribution in [2.45, 2.75) is 26.4 Å². The lowest BCUT2D eigenvalue weighted by Gasteiger charge is -2.32. The van der Waals surface area contributed by atoms with Gasteiger partial charge in [-0.15, -0.1) is 11.3 Å². The van der Waals surface area contributed by atoms with Crippen molar-refractivity contribution in [1.29, 1.82) is 0 Å². The van der Waals surface area contributed by atoms with Crippen LogP contribution in [0.3, 0.4) is 0 Å². The minimum atomic E-state index is -0.159. The molecule has 3 heterocycles. The number of rotatable bonds is 3. The molecule has 0 N–H and O–H groups in total. The summed E-state index contributed by atoms with van der Waals surface area (Å²) < 4.78 is 7.77. The molecule has 1 amide bonds. The third-order valence-electron chi connectivity index (χ3n) is 3.74. The van der Waals surface area contributed by atoms with E-state index in [-0.39, 0.29) is 12.0 Å². The van der Waals surface area contributed by atoms with E-state index in [1.807, 2.05) is 41.9 Å². The van der Waals surface area contributed by atoms with Gasteiger partial charge in [0.2, 0.25) is 5.91 Å². The predicted octanol–water partition coefficient (Wildman–Crippen LogP) is 1.64. The second-order valence-corrected chi connectivity index (χ2v) is 6.65. The highest BCUT2D eigenvalue weighted by Crippen LogP contribution is 2.22. The first-order valence-corrected chi connectivity index (χ1v) is 8.21. The number of hydrogen-bond acceptors (Lipinski definition) is 5. The minimum Gasteiger partial charge on any atom is -0.367 e. The average molecular weight is 320 g/mol. The molecule has 0 aromatic carbocycles. The van der Waals surface area contributed by atoms with E-state index < -0.39 is 0 Å². The molecular formula is C15H20N4O2S. The van der Waals surface area contributed by atoms with Gasteiger partial charge in [0, 0.05) is 25.2 Å². The first-order chi connectivity index (χ1) is 10.5. The molecule has 0 saturated carbocycles. The number of amides is 1.